The van der Waals surface area contributed by atoms with Gasteiger partial charge in [-0.3, -0.25) is 0 Å². The minimum atomic E-state index is 0.497. The van der Waals surface area contributed by atoms with Crippen LogP contribution >= 0.6 is 0 Å². The van der Waals surface area contributed by atoms with E-state index in [1.807, 2.05) is 6.07 Å². The fraction of sp³-hybridized carbons (Fsp3) is 0.538. The van der Waals surface area contributed by atoms with E-state index in [-0.39, 0.29) is 0 Å². The molecule has 1 aliphatic rings. The van der Waals surface area contributed by atoms with Gasteiger partial charge < -0.3 is 11.1 Å². The van der Waals surface area contributed by atoms with Crippen molar-refractivity contribution in [3.8, 4) is 0 Å². The van der Waals surface area contributed by atoms with E-state index in [0.717, 1.165) is 12.1 Å². The van der Waals surface area contributed by atoms with Gasteiger partial charge in [-0.15, -0.1) is 0 Å². The van der Waals surface area contributed by atoms with Crippen molar-refractivity contribution >= 4 is 5.69 Å². The molecule has 2 nitrogen and oxygen atoms in total. The van der Waals surface area contributed by atoms with Gasteiger partial charge in [0.05, 0.1) is 0 Å². The average Bonchev–Trinajstić information content (AvgIpc) is 2.19. The van der Waals surface area contributed by atoms with E-state index in [9.17, 15) is 0 Å². The van der Waals surface area contributed by atoms with Gasteiger partial charge in [-0.2, -0.15) is 0 Å². The Balaban J connectivity index is 2.30. The van der Waals surface area contributed by atoms with Gasteiger partial charge in [-0.1, -0.05) is 26.0 Å². The van der Waals surface area contributed by atoms with Crippen LogP contribution in [-0.4, -0.2) is 6.04 Å². The predicted molar refractivity (Wildman–Crippen MR) is 64.8 cm³/mol. The minimum Gasteiger partial charge on any atom is -0.398 e. The number of nitrogens with one attached hydrogen (secondary N) is 1. The lowest BCUT2D eigenvalue weighted by atomic mass is 9.86. The van der Waals surface area contributed by atoms with Gasteiger partial charge in [0, 0.05) is 17.8 Å². The quantitative estimate of drug-likeness (QED) is 0.727. The Morgan fingerprint density at radius 1 is 1.40 bits per heavy atom. The van der Waals surface area contributed by atoms with Crippen molar-refractivity contribution in [2.24, 2.45) is 0 Å². The van der Waals surface area contributed by atoms with Gasteiger partial charge in [0.25, 0.3) is 0 Å². The second-order valence-electron chi connectivity index (χ2n) is 4.68. The van der Waals surface area contributed by atoms with Crippen LogP contribution < -0.4 is 11.1 Å². The summed E-state index contributed by atoms with van der Waals surface area (Å²) in [6.07, 6.45) is 3.61. The van der Waals surface area contributed by atoms with Gasteiger partial charge in [0.2, 0.25) is 0 Å². The summed E-state index contributed by atoms with van der Waals surface area (Å²) in [5.41, 5.74) is 9.74. The first-order valence-corrected chi connectivity index (χ1v) is 5.82. The number of nitrogens with two attached hydrogens (primary N) is 1. The summed E-state index contributed by atoms with van der Waals surface area (Å²) in [6, 6.07) is 7.32. The molecule has 1 aromatic rings. The smallest absolute Gasteiger partial charge is 0.0349 e. The van der Waals surface area contributed by atoms with E-state index in [2.05, 4.69) is 31.3 Å². The molecule has 0 saturated heterocycles. The summed E-state index contributed by atoms with van der Waals surface area (Å²) in [7, 11) is 0. The lowest BCUT2D eigenvalue weighted by Crippen LogP contribution is -2.30. The first-order valence-electron chi connectivity index (χ1n) is 5.82. The molecule has 1 aromatic carbocycles. The highest BCUT2D eigenvalue weighted by molar-refractivity contribution is 5.52. The number of fused-ring (bicyclic) bond motifs is 1. The third-order valence-electron chi connectivity index (χ3n) is 3.08. The van der Waals surface area contributed by atoms with Crippen molar-refractivity contribution in [2.75, 3.05) is 5.73 Å². The third kappa shape index (κ3) is 2.15. The van der Waals surface area contributed by atoms with Gasteiger partial charge in [-0.05, 0) is 36.5 Å². The zero-order valence-corrected chi connectivity index (χ0v) is 9.59. The molecule has 0 bridgehead atoms. The molecule has 0 heterocycles. The van der Waals surface area contributed by atoms with Crippen LogP contribution in [-0.2, 0) is 6.42 Å². The van der Waals surface area contributed by atoms with Gasteiger partial charge in [-0.25, -0.2) is 0 Å². The lowest BCUT2D eigenvalue weighted by Gasteiger charge is -2.29. The summed E-state index contributed by atoms with van der Waals surface area (Å²) >= 11 is 0. The second-order valence-corrected chi connectivity index (χ2v) is 4.68. The molecule has 1 unspecified atom stereocenters. The molecule has 0 radical (unpaired) electrons. The van der Waals surface area contributed by atoms with Crippen LogP contribution in [0.5, 0.6) is 0 Å². The van der Waals surface area contributed by atoms with Crippen LogP contribution in [0.1, 0.15) is 43.9 Å². The summed E-state index contributed by atoms with van der Waals surface area (Å²) in [5.74, 6) is 0. The molecule has 0 fully saturated rings. The number of rotatable bonds is 2. The Labute approximate surface area is 91.9 Å². The van der Waals surface area contributed by atoms with Crippen molar-refractivity contribution < 1.29 is 0 Å². The Morgan fingerprint density at radius 3 is 2.93 bits per heavy atom. The summed E-state index contributed by atoms with van der Waals surface area (Å²) in [4.78, 5) is 0. The fourth-order valence-electron chi connectivity index (χ4n) is 2.45. The third-order valence-corrected chi connectivity index (χ3v) is 3.08. The number of benzene rings is 1. The molecule has 0 amide bonds. The first-order chi connectivity index (χ1) is 7.18. The molecule has 0 aromatic heterocycles. The van der Waals surface area contributed by atoms with Crippen LogP contribution in [0.4, 0.5) is 5.69 Å². The molecule has 0 saturated carbocycles. The van der Waals surface area contributed by atoms with E-state index in [4.69, 9.17) is 5.73 Å². The van der Waals surface area contributed by atoms with Crippen LogP contribution in [0, 0.1) is 0 Å². The fourth-order valence-corrected chi connectivity index (χ4v) is 2.45. The Bertz CT molecular complexity index is 344. The van der Waals surface area contributed by atoms with Crippen molar-refractivity contribution in [1.29, 1.82) is 0 Å². The Kier molecular flexibility index (Phi) is 2.96. The van der Waals surface area contributed by atoms with Crippen molar-refractivity contribution in [2.45, 2.75) is 45.2 Å². The monoisotopic (exact) mass is 204 g/mol. The maximum atomic E-state index is 6.01. The maximum absolute atomic E-state index is 6.01. The standard InChI is InChI=1S/C13H20N2/c1-9(2)15-13-8-4-5-10-11(13)6-3-7-12(10)14/h3,6-7,9,13,15H,4-5,8,14H2,1-2H3. The summed E-state index contributed by atoms with van der Waals surface area (Å²) in [5, 5.41) is 3.61. The van der Waals surface area contributed by atoms with Crippen LogP contribution in [0.15, 0.2) is 18.2 Å². The SMILES string of the molecule is CC(C)NC1CCCc2c(N)cccc21. The molecular weight excluding hydrogens is 184 g/mol. The molecule has 2 heteroatoms. The number of anilines is 1. The second kappa shape index (κ2) is 4.23. The van der Waals surface area contributed by atoms with E-state index in [1.54, 1.807) is 0 Å². The largest absolute Gasteiger partial charge is 0.398 e. The first kappa shape index (κ1) is 10.5. The van der Waals surface area contributed by atoms with Gasteiger partial charge in [0.1, 0.15) is 0 Å². The highest BCUT2D eigenvalue weighted by Crippen LogP contribution is 2.33. The van der Waals surface area contributed by atoms with Gasteiger partial charge in [0.15, 0.2) is 0 Å². The zero-order chi connectivity index (χ0) is 10.8. The molecule has 82 valence electrons. The van der Waals surface area contributed by atoms with E-state index in [1.165, 1.54) is 24.0 Å². The predicted octanol–water partition coefficient (Wildman–Crippen LogP) is 2.64. The highest BCUT2D eigenvalue weighted by atomic mass is 14.9. The molecule has 0 spiro atoms. The van der Waals surface area contributed by atoms with Crippen molar-refractivity contribution in [3.63, 3.8) is 0 Å². The van der Waals surface area contributed by atoms with E-state index < -0.39 is 0 Å². The average molecular weight is 204 g/mol. The summed E-state index contributed by atoms with van der Waals surface area (Å²) < 4.78 is 0. The molecule has 15 heavy (non-hydrogen) atoms. The van der Waals surface area contributed by atoms with E-state index in [0.29, 0.717) is 12.1 Å². The number of nitrogen functional groups attached to an aromatic ring is 1. The Hall–Kier alpha value is -1.02. The summed E-state index contributed by atoms with van der Waals surface area (Å²) in [6.45, 7) is 4.39. The molecule has 3 N–H and O–H groups in total. The van der Waals surface area contributed by atoms with Gasteiger partial charge >= 0.3 is 0 Å². The maximum Gasteiger partial charge on any atom is 0.0349 e. The van der Waals surface area contributed by atoms with Crippen LogP contribution in [0.2, 0.25) is 0 Å². The normalized spacial score (nSPS) is 20.3. The van der Waals surface area contributed by atoms with Crippen LogP contribution in [0.3, 0.4) is 0 Å². The number of hydrogen-bond donors (Lipinski definition) is 2. The molecule has 0 aliphatic heterocycles. The van der Waals surface area contributed by atoms with Crippen molar-refractivity contribution in [1.82, 2.24) is 5.32 Å². The molecule has 1 aliphatic carbocycles. The molecule has 2 rings (SSSR count). The molecular formula is C13H20N2. The minimum absolute atomic E-state index is 0.497. The topological polar surface area (TPSA) is 38.0 Å². The highest BCUT2D eigenvalue weighted by Gasteiger charge is 2.21. The zero-order valence-electron chi connectivity index (χ0n) is 9.59. The van der Waals surface area contributed by atoms with Crippen molar-refractivity contribution in [3.05, 3.63) is 29.3 Å². The molecule has 1 atom stereocenters. The van der Waals surface area contributed by atoms with E-state index >= 15 is 0 Å². The lowest BCUT2D eigenvalue weighted by molar-refractivity contribution is 0.423. The Morgan fingerprint density at radius 2 is 2.20 bits per heavy atom. The number of hydrogen-bond acceptors (Lipinski definition) is 2. The van der Waals surface area contributed by atoms with Crippen LogP contribution in [0.25, 0.3) is 0 Å².